The summed E-state index contributed by atoms with van der Waals surface area (Å²) in [5, 5.41) is 10.7. The second-order valence-corrected chi connectivity index (χ2v) is 5.90. The highest BCUT2D eigenvalue weighted by Gasteiger charge is 2.24. The maximum Gasteiger partial charge on any atom is 0.363 e. The van der Waals surface area contributed by atoms with Gasteiger partial charge in [-0.25, -0.2) is 9.79 Å². The number of hydrogen-bond donors (Lipinski definition) is 0. The summed E-state index contributed by atoms with van der Waals surface area (Å²) >= 11 is 0. The monoisotopic (exact) mass is 365 g/mol. The molecule has 0 fully saturated rings. The Morgan fingerprint density at radius 1 is 1.07 bits per heavy atom. The SMILES string of the molecule is CCN(CC)c1ccc(/C=C2\N=C(c3ccc([N+](=O)[O-])cc3)OC2=O)cc1. The fourth-order valence-corrected chi connectivity index (χ4v) is 2.79. The van der Waals surface area contributed by atoms with E-state index >= 15 is 0 Å². The molecular weight excluding hydrogens is 346 g/mol. The summed E-state index contributed by atoms with van der Waals surface area (Å²) in [6.07, 6.45) is 1.66. The van der Waals surface area contributed by atoms with Gasteiger partial charge in [-0.1, -0.05) is 12.1 Å². The predicted molar refractivity (Wildman–Crippen MR) is 104 cm³/mol. The number of nitro groups is 1. The third kappa shape index (κ3) is 4.03. The van der Waals surface area contributed by atoms with E-state index in [0.717, 1.165) is 24.3 Å². The van der Waals surface area contributed by atoms with Crippen molar-refractivity contribution in [3.63, 3.8) is 0 Å². The molecule has 0 saturated carbocycles. The van der Waals surface area contributed by atoms with Gasteiger partial charge >= 0.3 is 5.97 Å². The predicted octanol–water partition coefficient (Wildman–Crippen LogP) is 3.79. The van der Waals surface area contributed by atoms with E-state index < -0.39 is 10.9 Å². The van der Waals surface area contributed by atoms with Crippen LogP contribution < -0.4 is 4.90 Å². The second kappa shape index (κ2) is 7.82. The second-order valence-electron chi connectivity index (χ2n) is 5.90. The standard InChI is InChI=1S/C20H19N3O4/c1-3-22(4-2)16-9-5-14(6-10-16)13-18-20(24)27-19(21-18)15-7-11-17(12-8-15)23(25)26/h5-13H,3-4H2,1-2H3/b18-13-. The van der Waals surface area contributed by atoms with Crippen molar-refractivity contribution in [3.8, 4) is 0 Å². The van der Waals surface area contributed by atoms with Gasteiger partial charge in [-0.15, -0.1) is 0 Å². The molecule has 0 aliphatic carbocycles. The summed E-state index contributed by atoms with van der Waals surface area (Å²) in [5.41, 5.74) is 2.62. The quantitative estimate of drug-likeness (QED) is 0.336. The van der Waals surface area contributed by atoms with Crippen molar-refractivity contribution < 1.29 is 14.5 Å². The van der Waals surface area contributed by atoms with Crippen molar-refractivity contribution in [2.75, 3.05) is 18.0 Å². The third-order valence-corrected chi connectivity index (χ3v) is 4.27. The van der Waals surface area contributed by atoms with Crippen molar-refractivity contribution >= 4 is 29.3 Å². The van der Waals surface area contributed by atoms with E-state index in [1.165, 1.54) is 24.3 Å². The molecule has 0 N–H and O–H groups in total. The van der Waals surface area contributed by atoms with Crippen LogP contribution in [0.3, 0.4) is 0 Å². The molecule has 0 spiro atoms. The minimum atomic E-state index is -0.545. The molecule has 0 saturated heterocycles. The number of carbonyl (C=O) groups excluding carboxylic acids is 1. The molecule has 7 heteroatoms. The Balaban J connectivity index is 1.82. The van der Waals surface area contributed by atoms with E-state index in [2.05, 4.69) is 23.7 Å². The van der Waals surface area contributed by atoms with Gasteiger partial charge in [0.15, 0.2) is 5.70 Å². The molecule has 0 bridgehead atoms. The van der Waals surface area contributed by atoms with Gasteiger partial charge in [-0.2, -0.15) is 0 Å². The molecule has 2 aromatic rings. The summed E-state index contributed by atoms with van der Waals surface area (Å²) < 4.78 is 5.19. The van der Waals surface area contributed by atoms with Gasteiger partial charge in [-0.05, 0) is 49.8 Å². The Labute approximate surface area is 156 Å². The van der Waals surface area contributed by atoms with Crippen molar-refractivity contribution in [2.45, 2.75) is 13.8 Å². The first-order valence-electron chi connectivity index (χ1n) is 8.64. The van der Waals surface area contributed by atoms with Crippen LogP contribution in [0.5, 0.6) is 0 Å². The van der Waals surface area contributed by atoms with Gasteiger partial charge in [0, 0.05) is 36.5 Å². The molecule has 0 aromatic heterocycles. The van der Waals surface area contributed by atoms with E-state index in [0.29, 0.717) is 5.56 Å². The van der Waals surface area contributed by atoms with E-state index in [-0.39, 0.29) is 17.3 Å². The highest BCUT2D eigenvalue weighted by atomic mass is 16.6. The molecule has 0 radical (unpaired) electrons. The Bertz CT molecular complexity index is 911. The van der Waals surface area contributed by atoms with Crippen LogP contribution in [0.15, 0.2) is 59.2 Å². The Hall–Kier alpha value is -3.48. The molecule has 7 nitrogen and oxygen atoms in total. The van der Waals surface area contributed by atoms with Crippen LogP contribution in [0.4, 0.5) is 11.4 Å². The number of anilines is 1. The van der Waals surface area contributed by atoms with Crippen LogP contribution in [0, 0.1) is 10.1 Å². The lowest BCUT2D eigenvalue weighted by Gasteiger charge is -2.20. The van der Waals surface area contributed by atoms with Crippen LogP contribution in [0.25, 0.3) is 6.08 Å². The highest BCUT2D eigenvalue weighted by Crippen LogP contribution is 2.22. The molecule has 27 heavy (non-hydrogen) atoms. The first-order chi connectivity index (χ1) is 13.0. The molecule has 1 aliphatic heterocycles. The number of ether oxygens (including phenoxy) is 1. The van der Waals surface area contributed by atoms with Crippen LogP contribution in [-0.2, 0) is 9.53 Å². The highest BCUT2D eigenvalue weighted by molar-refractivity contribution is 6.12. The average Bonchev–Trinajstić information content (AvgIpc) is 3.04. The number of hydrogen-bond acceptors (Lipinski definition) is 6. The molecule has 1 heterocycles. The Morgan fingerprint density at radius 3 is 2.26 bits per heavy atom. The zero-order valence-electron chi connectivity index (χ0n) is 15.1. The third-order valence-electron chi connectivity index (χ3n) is 4.27. The first kappa shape index (κ1) is 18.3. The largest absolute Gasteiger partial charge is 0.402 e. The molecular formula is C20H19N3O4. The molecule has 0 amide bonds. The van der Waals surface area contributed by atoms with E-state index in [1.807, 2.05) is 24.3 Å². The summed E-state index contributed by atoms with van der Waals surface area (Å²) in [5.74, 6) is -0.405. The van der Waals surface area contributed by atoms with Gasteiger partial charge in [0.25, 0.3) is 5.69 Å². The smallest absolute Gasteiger partial charge is 0.363 e. The van der Waals surface area contributed by atoms with Gasteiger partial charge in [-0.3, -0.25) is 10.1 Å². The van der Waals surface area contributed by atoms with Gasteiger partial charge in [0.1, 0.15) is 0 Å². The van der Waals surface area contributed by atoms with Gasteiger partial charge in [0.05, 0.1) is 4.92 Å². The number of nitrogens with zero attached hydrogens (tertiary/aromatic N) is 3. The fourth-order valence-electron chi connectivity index (χ4n) is 2.79. The summed E-state index contributed by atoms with van der Waals surface area (Å²) in [4.78, 5) is 28.8. The number of cyclic esters (lactones) is 1. The Kier molecular flexibility index (Phi) is 5.30. The summed E-state index contributed by atoms with van der Waals surface area (Å²) in [7, 11) is 0. The van der Waals surface area contributed by atoms with Crippen molar-refractivity contribution in [1.29, 1.82) is 0 Å². The number of carbonyl (C=O) groups is 1. The topological polar surface area (TPSA) is 85.0 Å². The lowest BCUT2D eigenvalue weighted by atomic mass is 10.1. The molecule has 138 valence electrons. The normalized spacial score (nSPS) is 14.8. The van der Waals surface area contributed by atoms with Crippen LogP contribution in [0.2, 0.25) is 0 Å². The minimum Gasteiger partial charge on any atom is -0.402 e. The molecule has 3 rings (SSSR count). The van der Waals surface area contributed by atoms with Crippen molar-refractivity contribution in [2.24, 2.45) is 4.99 Å². The number of rotatable bonds is 6. The summed E-state index contributed by atoms with van der Waals surface area (Å²) in [6.45, 7) is 6.04. The van der Waals surface area contributed by atoms with Crippen molar-refractivity contribution in [3.05, 3.63) is 75.5 Å². The lowest BCUT2D eigenvalue weighted by Crippen LogP contribution is -2.21. The van der Waals surface area contributed by atoms with Crippen LogP contribution >= 0.6 is 0 Å². The zero-order chi connectivity index (χ0) is 19.4. The number of aliphatic imine (C=N–C) groups is 1. The molecule has 2 aromatic carbocycles. The first-order valence-corrected chi connectivity index (χ1v) is 8.64. The molecule has 0 atom stereocenters. The zero-order valence-corrected chi connectivity index (χ0v) is 15.1. The maximum atomic E-state index is 12.1. The van der Waals surface area contributed by atoms with E-state index in [9.17, 15) is 14.9 Å². The maximum absolute atomic E-state index is 12.1. The Morgan fingerprint density at radius 2 is 1.70 bits per heavy atom. The molecule has 1 aliphatic rings. The van der Waals surface area contributed by atoms with E-state index in [4.69, 9.17) is 4.74 Å². The van der Waals surface area contributed by atoms with Gasteiger partial charge in [0.2, 0.25) is 5.90 Å². The lowest BCUT2D eigenvalue weighted by molar-refractivity contribution is -0.384. The number of nitro benzene ring substituents is 1. The number of non-ortho nitro benzene ring substituents is 1. The molecule has 0 unspecified atom stereocenters. The van der Waals surface area contributed by atoms with Crippen LogP contribution in [-0.4, -0.2) is 29.9 Å². The minimum absolute atomic E-state index is 0.0345. The van der Waals surface area contributed by atoms with Crippen molar-refractivity contribution in [1.82, 2.24) is 0 Å². The average molecular weight is 365 g/mol. The van der Waals surface area contributed by atoms with E-state index in [1.54, 1.807) is 6.08 Å². The van der Waals surface area contributed by atoms with Crippen LogP contribution in [0.1, 0.15) is 25.0 Å². The fraction of sp³-hybridized carbons (Fsp3) is 0.200. The number of benzene rings is 2. The summed E-state index contributed by atoms with van der Waals surface area (Å²) in [6, 6.07) is 13.6. The number of esters is 1. The van der Waals surface area contributed by atoms with Gasteiger partial charge < -0.3 is 9.64 Å².